The van der Waals surface area contributed by atoms with E-state index in [0.717, 1.165) is 0 Å². The first-order chi connectivity index (χ1) is 10.9. The van der Waals surface area contributed by atoms with Gasteiger partial charge in [-0.15, -0.1) is 0 Å². The zero-order chi connectivity index (χ0) is 17.2. The van der Waals surface area contributed by atoms with Gasteiger partial charge in [0, 0.05) is 18.0 Å². The molecule has 1 N–H and O–H groups in total. The van der Waals surface area contributed by atoms with Crippen LogP contribution < -0.4 is 10.1 Å². The van der Waals surface area contributed by atoms with E-state index in [1.54, 1.807) is 24.3 Å². The Bertz CT molecular complexity index is 536. The number of hydrogen-bond acceptors (Lipinski definition) is 5. The summed E-state index contributed by atoms with van der Waals surface area (Å²) in [5, 5.41) is 2.63. The fourth-order valence-corrected chi connectivity index (χ4v) is 1.77. The molecule has 6 nitrogen and oxygen atoms in total. The van der Waals surface area contributed by atoms with Gasteiger partial charge in [0.1, 0.15) is 5.75 Å². The van der Waals surface area contributed by atoms with Crippen molar-refractivity contribution in [1.82, 2.24) is 5.32 Å². The van der Waals surface area contributed by atoms with Crippen LogP contribution in [0.4, 0.5) is 0 Å². The number of carbonyl (C=O) groups is 3. The summed E-state index contributed by atoms with van der Waals surface area (Å²) < 4.78 is 10.3. The summed E-state index contributed by atoms with van der Waals surface area (Å²) in [7, 11) is 0. The van der Waals surface area contributed by atoms with Crippen LogP contribution in [0.5, 0.6) is 5.75 Å². The van der Waals surface area contributed by atoms with E-state index in [2.05, 4.69) is 5.32 Å². The molecular weight excluding hydrogens is 298 g/mol. The molecule has 6 heteroatoms. The highest BCUT2D eigenvalue weighted by molar-refractivity contribution is 5.94. The van der Waals surface area contributed by atoms with Crippen LogP contribution in [0.2, 0.25) is 0 Å². The number of nitrogens with one attached hydrogen (secondary N) is 1. The van der Waals surface area contributed by atoms with E-state index in [9.17, 15) is 14.4 Å². The predicted molar refractivity (Wildman–Crippen MR) is 85.4 cm³/mol. The molecule has 0 fully saturated rings. The third kappa shape index (κ3) is 7.99. The lowest BCUT2D eigenvalue weighted by atomic mass is 10.1. The Kier molecular flexibility index (Phi) is 7.80. The van der Waals surface area contributed by atoms with Crippen LogP contribution in [0.3, 0.4) is 0 Å². The molecule has 0 bridgehead atoms. The molecule has 0 atom stereocenters. The molecule has 1 amide bonds. The first-order valence-electron chi connectivity index (χ1n) is 7.57. The minimum absolute atomic E-state index is 0.000740. The van der Waals surface area contributed by atoms with E-state index in [4.69, 9.17) is 9.47 Å². The molecule has 126 valence electrons. The highest BCUT2D eigenvalue weighted by Crippen LogP contribution is 2.13. The Morgan fingerprint density at radius 1 is 1.13 bits per heavy atom. The highest BCUT2D eigenvalue weighted by Gasteiger charge is 2.08. The number of rotatable bonds is 9. The maximum atomic E-state index is 11.5. The number of ketones is 1. The Morgan fingerprint density at radius 3 is 2.35 bits per heavy atom. The minimum atomic E-state index is -0.431. The molecule has 1 rings (SSSR count). The molecule has 0 radical (unpaired) electrons. The van der Waals surface area contributed by atoms with Gasteiger partial charge in [-0.3, -0.25) is 14.4 Å². The molecule has 0 aliphatic carbocycles. The van der Waals surface area contributed by atoms with E-state index >= 15 is 0 Å². The van der Waals surface area contributed by atoms with Crippen LogP contribution >= 0.6 is 0 Å². The summed E-state index contributed by atoms with van der Waals surface area (Å²) in [5.74, 6) is -0.102. The molecule has 1 aromatic rings. The first-order valence-corrected chi connectivity index (χ1v) is 7.57. The lowest BCUT2D eigenvalue weighted by Crippen LogP contribution is -2.33. The van der Waals surface area contributed by atoms with Crippen LogP contribution in [0.1, 0.15) is 44.0 Å². The van der Waals surface area contributed by atoms with Crippen molar-refractivity contribution in [2.75, 3.05) is 13.2 Å². The lowest BCUT2D eigenvalue weighted by molar-refractivity contribution is -0.148. The van der Waals surface area contributed by atoms with E-state index < -0.39 is 5.97 Å². The Balaban J connectivity index is 2.17. The fourth-order valence-electron chi connectivity index (χ4n) is 1.77. The minimum Gasteiger partial charge on any atom is -0.494 e. The Morgan fingerprint density at radius 2 is 1.78 bits per heavy atom. The molecule has 0 aromatic heterocycles. The van der Waals surface area contributed by atoms with E-state index in [1.807, 2.05) is 13.8 Å². The van der Waals surface area contributed by atoms with Crippen molar-refractivity contribution in [2.24, 2.45) is 0 Å². The van der Waals surface area contributed by atoms with Gasteiger partial charge in [0.25, 0.3) is 5.91 Å². The van der Waals surface area contributed by atoms with Crippen molar-refractivity contribution in [1.29, 1.82) is 0 Å². The van der Waals surface area contributed by atoms with Crippen molar-refractivity contribution in [3.05, 3.63) is 29.8 Å². The third-order valence-electron chi connectivity index (χ3n) is 2.87. The van der Waals surface area contributed by atoms with Crippen LogP contribution in [0.25, 0.3) is 0 Å². The number of amides is 1. The average molecular weight is 321 g/mol. The van der Waals surface area contributed by atoms with Gasteiger partial charge < -0.3 is 14.8 Å². The molecule has 0 spiro atoms. The molecule has 0 aliphatic rings. The number of carbonyl (C=O) groups excluding carboxylic acids is 3. The Labute approximate surface area is 136 Å². The standard InChI is InChI=1S/C17H23NO5/c1-12(2)18-16(20)11-23-17(21)5-4-10-22-15-8-6-14(7-9-15)13(3)19/h6-9,12H,4-5,10-11H2,1-3H3,(H,18,20). The molecule has 1 aromatic carbocycles. The zero-order valence-electron chi connectivity index (χ0n) is 13.8. The van der Waals surface area contributed by atoms with Gasteiger partial charge in [-0.1, -0.05) is 0 Å². The molecular formula is C17H23NO5. The van der Waals surface area contributed by atoms with Gasteiger partial charge in [-0.2, -0.15) is 0 Å². The largest absolute Gasteiger partial charge is 0.494 e. The van der Waals surface area contributed by atoms with Gasteiger partial charge in [0.2, 0.25) is 0 Å². The smallest absolute Gasteiger partial charge is 0.306 e. The monoisotopic (exact) mass is 321 g/mol. The second kappa shape index (κ2) is 9.61. The van der Waals surface area contributed by atoms with Gasteiger partial charge in [-0.05, 0) is 51.5 Å². The van der Waals surface area contributed by atoms with Crippen LogP contribution in [-0.2, 0) is 14.3 Å². The first kappa shape index (κ1) is 18.7. The van der Waals surface area contributed by atoms with E-state index in [1.165, 1.54) is 6.92 Å². The second-order valence-corrected chi connectivity index (χ2v) is 5.42. The Hall–Kier alpha value is -2.37. The van der Waals surface area contributed by atoms with E-state index in [-0.39, 0.29) is 30.8 Å². The fraction of sp³-hybridized carbons (Fsp3) is 0.471. The van der Waals surface area contributed by atoms with Gasteiger partial charge in [0.05, 0.1) is 6.61 Å². The SMILES string of the molecule is CC(=O)c1ccc(OCCCC(=O)OCC(=O)NC(C)C)cc1. The van der Waals surface area contributed by atoms with Crippen LogP contribution in [-0.4, -0.2) is 36.9 Å². The lowest BCUT2D eigenvalue weighted by Gasteiger charge is -2.09. The van der Waals surface area contributed by atoms with E-state index in [0.29, 0.717) is 24.3 Å². The average Bonchev–Trinajstić information content (AvgIpc) is 2.49. The molecule has 0 saturated heterocycles. The quantitative estimate of drug-likeness (QED) is 0.428. The van der Waals surface area contributed by atoms with Crippen molar-refractivity contribution in [3.63, 3.8) is 0 Å². The molecule has 0 heterocycles. The van der Waals surface area contributed by atoms with Gasteiger partial charge in [0.15, 0.2) is 12.4 Å². The molecule has 0 unspecified atom stereocenters. The number of benzene rings is 1. The zero-order valence-corrected chi connectivity index (χ0v) is 13.8. The summed E-state index contributed by atoms with van der Waals surface area (Å²) >= 11 is 0. The van der Waals surface area contributed by atoms with Crippen molar-refractivity contribution >= 4 is 17.7 Å². The normalized spacial score (nSPS) is 10.3. The molecule has 0 aliphatic heterocycles. The number of ether oxygens (including phenoxy) is 2. The number of Topliss-reactive ketones (excluding diaryl/α,β-unsaturated/α-hetero) is 1. The van der Waals surface area contributed by atoms with Crippen molar-refractivity contribution in [3.8, 4) is 5.75 Å². The maximum absolute atomic E-state index is 11.5. The summed E-state index contributed by atoms with van der Waals surface area (Å²) in [5.41, 5.74) is 0.626. The number of hydrogen-bond donors (Lipinski definition) is 1. The summed E-state index contributed by atoms with van der Waals surface area (Å²) in [4.78, 5) is 33.9. The third-order valence-corrected chi connectivity index (χ3v) is 2.87. The topological polar surface area (TPSA) is 81.7 Å². The van der Waals surface area contributed by atoms with Gasteiger partial charge >= 0.3 is 5.97 Å². The van der Waals surface area contributed by atoms with Crippen LogP contribution in [0, 0.1) is 0 Å². The van der Waals surface area contributed by atoms with Gasteiger partial charge in [-0.25, -0.2) is 0 Å². The highest BCUT2D eigenvalue weighted by atomic mass is 16.5. The summed E-state index contributed by atoms with van der Waals surface area (Å²) in [6.45, 7) is 5.26. The van der Waals surface area contributed by atoms with Crippen molar-refractivity contribution < 1.29 is 23.9 Å². The predicted octanol–water partition coefficient (Wildman–Crippen LogP) is 2.12. The molecule has 23 heavy (non-hydrogen) atoms. The summed E-state index contributed by atoms with van der Waals surface area (Å²) in [6, 6.07) is 6.83. The molecule has 0 saturated carbocycles. The number of esters is 1. The van der Waals surface area contributed by atoms with Crippen molar-refractivity contribution in [2.45, 2.75) is 39.7 Å². The maximum Gasteiger partial charge on any atom is 0.306 e. The second-order valence-electron chi connectivity index (χ2n) is 5.42. The summed E-state index contributed by atoms with van der Waals surface area (Å²) in [6.07, 6.45) is 0.666. The van der Waals surface area contributed by atoms with Crippen LogP contribution in [0.15, 0.2) is 24.3 Å².